The lowest BCUT2D eigenvalue weighted by Gasteiger charge is -2.58. The molecule has 2 aliphatic heterocycles. The Labute approximate surface area is 183 Å². The minimum atomic E-state index is -0.100. The normalized spacial score (nSPS) is 59.8. The first-order valence-corrected chi connectivity index (χ1v) is 13.1. The fourth-order valence-electron chi connectivity index (χ4n) is 9.84. The van der Waals surface area contributed by atoms with Crippen LogP contribution in [0.25, 0.3) is 0 Å². The fraction of sp³-hybridized carbons (Fsp3) is 0.926. The fourth-order valence-corrected chi connectivity index (χ4v) is 9.84. The first-order valence-electron chi connectivity index (χ1n) is 13.1. The molecule has 0 radical (unpaired) electrons. The Morgan fingerprint density at radius 1 is 1.07 bits per heavy atom. The largest absolute Gasteiger partial charge is 0.393 e. The first kappa shape index (κ1) is 20.2. The Kier molecular flexibility index (Phi) is 4.44. The predicted octanol–water partition coefficient (Wildman–Crippen LogP) is 5.29. The highest BCUT2D eigenvalue weighted by Crippen LogP contribution is 2.70. The van der Waals surface area contributed by atoms with Crippen molar-refractivity contribution in [1.82, 2.24) is 5.32 Å². The van der Waals surface area contributed by atoms with E-state index in [1.54, 1.807) is 5.57 Å². The van der Waals surface area contributed by atoms with Gasteiger partial charge in [-0.3, -0.25) is 5.32 Å². The van der Waals surface area contributed by atoms with E-state index in [1.165, 1.54) is 44.9 Å². The summed E-state index contributed by atoms with van der Waals surface area (Å²) in [4.78, 5) is 0. The summed E-state index contributed by atoms with van der Waals surface area (Å²) in [6, 6.07) is 0. The number of piperidine rings is 1. The molecule has 11 atom stereocenters. The topological polar surface area (TPSA) is 41.5 Å². The van der Waals surface area contributed by atoms with Crippen LogP contribution in [0.4, 0.5) is 0 Å². The van der Waals surface area contributed by atoms with Gasteiger partial charge in [-0.1, -0.05) is 39.3 Å². The highest BCUT2D eigenvalue weighted by atomic mass is 16.5. The molecule has 0 aromatic carbocycles. The molecule has 3 nitrogen and oxygen atoms in total. The number of aliphatic hydroxyl groups excluding tert-OH is 1. The highest BCUT2D eigenvalue weighted by Gasteiger charge is 2.68. The summed E-state index contributed by atoms with van der Waals surface area (Å²) in [5, 5.41) is 14.1. The maximum Gasteiger partial charge on any atom is 0.122 e. The van der Waals surface area contributed by atoms with E-state index in [0.29, 0.717) is 22.9 Å². The van der Waals surface area contributed by atoms with Crippen molar-refractivity contribution < 1.29 is 9.84 Å². The second-order valence-electron chi connectivity index (χ2n) is 12.8. The zero-order valence-electron chi connectivity index (χ0n) is 19.6. The van der Waals surface area contributed by atoms with Crippen LogP contribution < -0.4 is 5.32 Å². The zero-order chi connectivity index (χ0) is 20.9. The van der Waals surface area contributed by atoms with E-state index in [9.17, 15) is 5.11 Å². The quantitative estimate of drug-likeness (QED) is 0.530. The van der Waals surface area contributed by atoms with Gasteiger partial charge in [0.25, 0.3) is 0 Å². The van der Waals surface area contributed by atoms with Gasteiger partial charge in [-0.15, -0.1) is 0 Å². The van der Waals surface area contributed by atoms with E-state index in [4.69, 9.17) is 4.74 Å². The lowest BCUT2D eigenvalue weighted by molar-refractivity contribution is -0.115. The van der Waals surface area contributed by atoms with Crippen LogP contribution in [0.2, 0.25) is 0 Å². The van der Waals surface area contributed by atoms with Gasteiger partial charge < -0.3 is 9.84 Å². The molecular formula is C27H43NO2. The Balaban J connectivity index is 1.28. The molecule has 0 bridgehead atoms. The summed E-state index contributed by atoms with van der Waals surface area (Å²) in [6.45, 7) is 11.2. The average molecular weight is 414 g/mol. The van der Waals surface area contributed by atoms with E-state index in [1.807, 2.05) is 0 Å². The summed E-state index contributed by atoms with van der Waals surface area (Å²) in [5.74, 6) is 4.58. The van der Waals surface area contributed by atoms with Crippen molar-refractivity contribution in [2.24, 2.45) is 46.3 Å². The van der Waals surface area contributed by atoms with Gasteiger partial charge in [0.05, 0.1) is 12.2 Å². The van der Waals surface area contributed by atoms with Crippen molar-refractivity contribution in [3.63, 3.8) is 0 Å². The third-order valence-electron chi connectivity index (χ3n) is 11.6. The van der Waals surface area contributed by atoms with E-state index in [0.717, 1.165) is 49.0 Å². The summed E-state index contributed by atoms with van der Waals surface area (Å²) in [5.41, 5.74) is 2.33. The first-order chi connectivity index (χ1) is 14.3. The van der Waals surface area contributed by atoms with Crippen molar-refractivity contribution in [2.75, 3.05) is 6.54 Å². The molecule has 0 amide bonds. The molecular weight excluding hydrogens is 370 g/mol. The van der Waals surface area contributed by atoms with Crippen LogP contribution in [0.3, 0.4) is 0 Å². The summed E-state index contributed by atoms with van der Waals surface area (Å²) < 4.78 is 7.00. The zero-order valence-corrected chi connectivity index (χ0v) is 19.6. The molecule has 3 heteroatoms. The van der Waals surface area contributed by atoms with Gasteiger partial charge in [0.15, 0.2) is 0 Å². The average Bonchev–Trinajstić information content (AvgIpc) is 3.16. The lowest BCUT2D eigenvalue weighted by Crippen LogP contribution is -2.57. The molecule has 0 unspecified atom stereocenters. The molecule has 3 saturated carbocycles. The molecule has 6 aliphatic rings. The van der Waals surface area contributed by atoms with Crippen LogP contribution in [-0.2, 0) is 4.74 Å². The van der Waals surface area contributed by atoms with Crippen molar-refractivity contribution >= 4 is 0 Å². The SMILES string of the molecule is C[C@@H]1CC[C@@]2(NC1)O[C@H]1C[C@H]3[C@H]4CC=C5C[C@@H](O)CC[C@]5(C)[C@@H]4CC[C@]3(C)[C@H]1[C@@H]2C. The van der Waals surface area contributed by atoms with Gasteiger partial charge in [-0.05, 0) is 98.2 Å². The van der Waals surface area contributed by atoms with Gasteiger partial charge in [0, 0.05) is 12.5 Å². The van der Waals surface area contributed by atoms with Crippen molar-refractivity contribution in [2.45, 2.75) is 103 Å². The second-order valence-corrected chi connectivity index (χ2v) is 12.8. The number of hydrogen-bond acceptors (Lipinski definition) is 3. The smallest absolute Gasteiger partial charge is 0.122 e. The third kappa shape index (κ3) is 2.55. The number of aliphatic hydroxyl groups is 1. The molecule has 0 aromatic rings. The number of ether oxygens (including phenoxy) is 1. The number of hydrogen-bond donors (Lipinski definition) is 2. The van der Waals surface area contributed by atoms with Crippen molar-refractivity contribution in [3.05, 3.63) is 11.6 Å². The minimum absolute atomic E-state index is 0.0439. The van der Waals surface area contributed by atoms with Gasteiger partial charge >= 0.3 is 0 Å². The van der Waals surface area contributed by atoms with Gasteiger partial charge in [0.1, 0.15) is 5.72 Å². The number of rotatable bonds is 0. The molecule has 4 aliphatic carbocycles. The summed E-state index contributed by atoms with van der Waals surface area (Å²) in [7, 11) is 0. The van der Waals surface area contributed by atoms with Crippen LogP contribution in [0, 0.1) is 46.3 Å². The standard InChI is InChI=1S/C27H43NO2/c1-16-7-12-27(28-15-16)17(2)24-23(30-27)14-22-20-6-5-18-13-19(29)8-10-25(18,3)21(20)9-11-26(22,24)4/h5,16-17,19-24,28-29H,6-15H2,1-4H3/t16-,17+,19+,20+,21-,22+,23+,24+,25+,26+,27-/m1/s1. The van der Waals surface area contributed by atoms with Crippen molar-refractivity contribution in [3.8, 4) is 0 Å². The minimum Gasteiger partial charge on any atom is -0.393 e. The Morgan fingerprint density at radius 2 is 1.90 bits per heavy atom. The Bertz CT molecular complexity index is 739. The summed E-state index contributed by atoms with van der Waals surface area (Å²) >= 11 is 0. The second kappa shape index (κ2) is 6.58. The van der Waals surface area contributed by atoms with Crippen LogP contribution in [0.1, 0.15) is 85.5 Å². The van der Waals surface area contributed by atoms with Crippen LogP contribution >= 0.6 is 0 Å². The summed E-state index contributed by atoms with van der Waals surface area (Å²) in [6.07, 6.45) is 13.8. The van der Waals surface area contributed by atoms with Crippen LogP contribution in [0.5, 0.6) is 0 Å². The molecule has 2 N–H and O–H groups in total. The third-order valence-corrected chi connectivity index (χ3v) is 11.6. The van der Waals surface area contributed by atoms with E-state index >= 15 is 0 Å². The van der Waals surface area contributed by atoms with Crippen molar-refractivity contribution in [1.29, 1.82) is 0 Å². The molecule has 6 rings (SSSR count). The molecule has 0 aromatic heterocycles. The molecule has 2 saturated heterocycles. The number of fused-ring (bicyclic) bond motifs is 7. The maximum atomic E-state index is 10.3. The number of nitrogens with one attached hydrogen (secondary N) is 1. The predicted molar refractivity (Wildman–Crippen MR) is 120 cm³/mol. The monoisotopic (exact) mass is 413 g/mol. The molecule has 2 heterocycles. The maximum absolute atomic E-state index is 10.3. The van der Waals surface area contributed by atoms with Crippen LogP contribution in [-0.4, -0.2) is 29.6 Å². The Hall–Kier alpha value is -0.380. The van der Waals surface area contributed by atoms with E-state index in [2.05, 4.69) is 39.1 Å². The highest BCUT2D eigenvalue weighted by molar-refractivity contribution is 5.26. The Morgan fingerprint density at radius 3 is 2.67 bits per heavy atom. The van der Waals surface area contributed by atoms with Gasteiger partial charge in [-0.25, -0.2) is 0 Å². The van der Waals surface area contributed by atoms with Gasteiger partial charge in [0.2, 0.25) is 0 Å². The number of allylic oxidation sites excluding steroid dienone is 1. The molecule has 168 valence electrons. The lowest BCUT2D eigenvalue weighted by atomic mass is 9.47. The molecule has 5 fully saturated rings. The van der Waals surface area contributed by atoms with E-state index in [-0.39, 0.29) is 11.8 Å². The van der Waals surface area contributed by atoms with E-state index < -0.39 is 0 Å². The van der Waals surface area contributed by atoms with Crippen LogP contribution in [0.15, 0.2) is 11.6 Å². The van der Waals surface area contributed by atoms with Gasteiger partial charge in [-0.2, -0.15) is 0 Å². The molecule has 1 spiro atoms. The molecule has 30 heavy (non-hydrogen) atoms.